The van der Waals surface area contributed by atoms with Crippen LogP contribution in [0.15, 0.2) is 73.1 Å². The van der Waals surface area contributed by atoms with Crippen LogP contribution in [0.1, 0.15) is 91.0 Å². The zero-order valence-corrected chi connectivity index (χ0v) is 37.7. The molecule has 0 radical (unpaired) electrons. The Morgan fingerprint density at radius 2 is 1.41 bits per heavy atom. The number of carbonyl (C=O) groups is 4. The Labute approximate surface area is 368 Å². The molecule has 2 aliphatic rings. The van der Waals surface area contributed by atoms with E-state index < -0.39 is 29.9 Å². The third-order valence-corrected chi connectivity index (χ3v) is 12.9. The molecule has 4 atom stereocenters. The minimum atomic E-state index is -0.999. The smallest absolute Gasteiger partial charge is 0.407 e. The van der Waals surface area contributed by atoms with E-state index in [1.807, 2.05) is 38.8 Å². The van der Waals surface area contributed by atoms with Crippen LogP contribution in [0.4, 0.5) is 9.59 Å². The normalized spacial score (nSPS) is 17.0. The number of carbonyl (C=O) groups excluding carboxylic acids is 4. The van der Waals surface area contributed by atoms with Crippen LogP contribution in [-0.4, -0.2) is 106 Å². The summed E-state index contributed by atoms with van der Waals surface area (Å²) in [7, 11) is 4.06. The summed E-state index contributed by atoms with van der Waals surface area (Å²) in [5, 5.41) is 7.59. The van der Waals surface area contributed by atoms with E-state index in [9.17, 15) is 19.2 Å². The predicted molar refractivity (Wildman–Crippen MR) is 240 cm³/mol. The van der Waals surface area contributed by atoms with E-state index in [4.69, 9.17) is 24.2 Å². The highest BCUT2D eigenvalue weighted by atomic mass is 16.5. The Kier molecular flexibility index (Phi) is 13.0. The predicted octanol–water partition coefficient (Wildman–Crippen LogP) is 8.17. The molecule has 1 spiro atoms. The van der Waals surface area contributed by atoms with Gasteiger partial charge in [0.05, 0.1) is 55.7 Å². The Bertz CT molecular complexity index is 2450. The van der Waals surface area contributed by atoms with Crippen LogP contribution >= 0.6 is 0 Å². The van der Waals surface area contributed by atoms with Gasteiger partial charge in [-0.05, 0) is 97.4 Å². The van der Waals surface area contributed by atoms with Crippen molar-refractivity contribution in [3.63, 3.8) is 0 Å². The van der Waals surface area contributed by atoms with Gasteiger partial charge in [-0.25, -0.2) is 19.6 Å². The van der Waals surface area contributed by atoms with E-state index in [1.165, 1.54) is 21.3 Å². The number of methoxy groups -OCH3 is 3. The van der Waals surface area contributed by atoms with Gasteiger partial charge in [0.2, 0.25) is 11.8 Å². The average molecular weight is 861 g/mol. The number of imidazole rings is 2. The number of ether oxygens (including phenoxy) is 3. The number of benzene rings is 3. The van der Waals surface area contributed by atoms with Gasteiger partial charge in [-0.1, -0.05) is 69.3 Å². The van der Waals surface area contributed by atoms with Crippen LogP contribution < -0.4 is 10.6 Å². The summed E-state index contributed by atoms with van der Waals surface area (Å²) in [5.74, 6) is 0.872. The van der Waals surface area contributed by atoms with Crippen LogP contribution in [0, 0.1) is 11.3 Å². The van der Waals surface area contributed by atoms with Crippen molar-refractivity contribution in [1.29, 1.82) is 0 Å². The molecule has 1 saturated heterocycles. The van der Waals surface area contributed by atoms with Gasteiger partial charge in [0.1, 0.15) is 23.7 Å². The van der Waals surface area contributed by atoms with E-state index in [0.29, 0.717) is 25.3 Å². The summed E-state index contributed by atoms with van der Waals surface area (Å²) < 4.78 is 15.2. The summed E-state index contributed by atoms with van der Waals surface area (Å²) in [5.41, 5.74) is 4.90. The van der Waals surface area contributed by atoms with Crippen molar-refractivity contribution < 1.29 is 33.4 Å². The molecule has 63 heavy (non-hydrogen) atoms. The second-order valence-electron chi connectivity index (χ2n) is 17.7. The lowest BCUT2D eigenvalue weighted by Gasteiger charge is -2.38. The first-order valence-corrected chi connectivity index (χ1v) is 21.7. The first-order valence-electron chi connectivity index (χ1n) is 21.7. The molecule has 5 aromatic rings. The number of nitrogens with zero attached hydrogens (tertiary/aromatic N) is 4. The molecule has 1 saturated carbocycles. The second-order valence-corrected chi connectivity index (χ2v) is 17.7. The summed E-state index contributed by atoms with van der Waals surface area (Å²) in [6.45, 7) is 12.3. The number of aromatic nitrogens is 4. The van der Waals surface area contributed by atoms with Gasteiger partial charge in [0, 0.05) is 25.8 Å². The number of alkyl carbamates (subject to hydrolysis) is 2. The zero-order valence-electron chi connectivity index (χ0n) is 37.7. The molecular formula is C48H60N8O7. The molecule has 3 heterocycles. The Balaban J connectivity index is 1.05. The summed E-state index contributed by atoms with van der Waals surface area (Å²) >= 11 is 0. The van der Waals surface area contributed by atoms with E-state index >= 15 is 0 Å². The van der Waals surface area contributed by atoms with Crippen molar-refractivity contribution in [3.05, 3.63) is 84.7 Å². The number of hydrogen-bond acceptors (Lipinski definition) is 9. The van der Waals surface area contributed by atoms with Gasteiger partial charge in [-0.3, -0.25) is 9.59 Å². The maximum atomic E-state index is 14.0. The van der Waals surface area contributed by atoms with Crippen LogP contribution in [0.3, 0.4) is 0 Å². The first kappa shape index (κ1) is 44.8. The topological polar surface area (TPSA) is 184 Å². The number of H-pyrrole nitrogens is 2. The Morgan fingerprint density at radius 3 is 2.02 bits per heavy atom. The van der Waals surface area contributed by atoms with Gasteiger partial charge < -0.3 is 44.6 Å². The van der Waals surface area contributed by atoms with Crippen LogP contribution in [0.2, 0.25) is 0 Å². The molecule has 4 N–H and O–H groups in total. The number of likely N-dealkylation sites (N-methyl/N-ethyl adjacent to an activating group) is 1. The van der Waals surface area contributed by atoms with Crippen molar-refractivity contribution in [2.75, 3.05) is 34.4 Å². The minimum absolute atomic E-state index is 0.111. The van der Waals surface area contributed by atoms with Crippen LogP contribution in [-0.2, 0) is 23.8 Å². The number of nitrogens with one attached hydrogen (secondary N) is 4. The van der Waals surface area contributed by atoms with Gasteiger partial charge >= 0.3 is 12.2 Å². The number of aromatic amines is 2. The second kappa shape index (κ2) is 18.2. The van der Waals surface area contributed by atoms with E-state index in [0.717, 1.165) is 69.5 Å². The van der Waals surface area contributed by atoms with Gasteiger partial charge in [0.25, 0.3) is 0 Å². The van der Waals surface area contributed by atoms with Crippen molar-refractivity contribution in [3.8, 4) is 33.6 Å². The monoisotopic (exact) mass is 860 g/mol. The highest BCUT2D eigenvalue weighted by Crippen LogP contribution is 2.58. The standard InChI is InChI=1S/C48H60N8O7/c1-10-37(55(11-2)44(58)40(47(5,6)63-9)54-46(60)62-8)41-49-25-35(51-41)30-14-12-29(13-15-30)31-16-17-33-23-34(19-18-32(33)22-31)36-26-50-42(52-36)38-24-48(20-21-48)27-56(38)43(57)39(28(3)4)53-45(59)61-7/h12-19,22-23,25-26,28,37-40H,10-11,20-21,24,27H2,1-9H3,(H,49,51)(H,50,52)(H,53,59)(H,54,60)/t37-,38-,39-,40+/m0/s1. The Morgan fingerprint density at radius 1 is 0.825 bits per heavy atom. The number of hydrogen-bond donors (Lipinski definition) is 4. The summed E-state index contributed by atoms with van der Waals surface area (Å²) in [6, 6.07) is 18.8. The van der Waals surface area contributed by atoms with Crippen molar-refractivity contribution in [1.82, 2.24) is 40.4 Å². The molecule has 2 fully saturated rings. The fraction of sp³-hybridized carbons (Fsp3) is 0.458. The van der Waals surface area contributed by atoms with Gasteiger partial charge in [0.15, 0.2) is 0 Å². The SMILES string of the molecule is CC[C@@H](c1ncc(-c2ccc(-c3ccc4cc(-c5cnc([C@@H]6CC7(CC7)CN6C(=O)[C@@H](NC(=O)OC)C(C)C)[nH]5)ccc4c3)cc2)[nH]1)N(CC)C(=O)[C@@H](NC(=O)OC)C(C)(C)OC. The number of likely N-dealkylation sites (tertiary alicyclic amines) is 1. The molecular weight excluding hydrogens is 801 g/mol. The molecule has 1 aliphatic carbocycles. The summed E-state index contributed by atoms with van der Waals surface area (Å²) in [4.78, 5) is 72.4. The van der Waals surface area contributed by atoms with E-state index in [2.05, 4.69) is 81.3 Å². The molecule has 1 aliphatic heterocycles. The molecule has 2 aromatic heterocycles. The van der Waals surface area contributed by atoms with Crippen molar-refractivity contribution >= 4 is 34.8 Å². The zero-order chi connectivity index (χ0) is 45.2. The molecule has 0 unspecified atom stereocenters. The fourth-order valence-corrected chi connectivity index (χ4v) is 8.77. The van der Waals surface area contributed by atoms with Crippen molar-refractivity contribution in [2.24, 2.45) is 11.3 Å². The van der Waals surface area contributed by atoms with E-state index in [1.54, 1.807) is 24.9 Å². The lowest BCUT2D eigenvalue weighted by atomic mass is 9.96. The average Bonchev–Trinajstić information content (AvgIpc) is 3.61. The number of fused-ring (bicyclic) bond motifs is 1. The highest BCUT2D eigenvalue weighted by molar-refractivity contribution is 5.91. The van der Waals surface area contributed by atoms with Crippen LogP contribution in [0.25, 0.3) is 44.4 Å². The molecule has 15 heteroatoms. The third-order valence-electron chi connectivity index (χ3n) is 12.9. The maximum absolute atomic E-state index is 14.0. The van der Waals surface area contributed by atoms with Crippen LogP contribution in [0.5, 0.6) is 0 Å². The largest absolute Gasteiger partial charge is 0.453 e. The molecule has 0 bridgehead atoms. The molecule has 334 valence electrons. The molecule has 3 aromatic carbocycles. The Hall–Kier alpha value is -6.22. The minimum Gasteiger partial charge on any atom is -0.453 e. The third kappa shape index (κ3) is 9.29. The fourth-order valence-electron chi connectivity index (χ4n) is 8.77. The maximum Gasteiger partial charge on any atom is 0.407 e. The first-order chi connectivity index (χ1) is 30.1. The van der Waals surface area contributed by atoms with Crippen molar-refractivity contribution in [2.45, 2.75) is 97.0 Å². The van der Waals surface area contributed by atoms with E-state index in [-0.39, 0.29) is 35.2 Å². The number of rotatable bonds is 15. The van der Waals surface area contributed by atoms with Gasteiger partial charge in [-0.15, -0.1) is 0 Å². The lowest BCUT2D eigenvalue weighted by Crippen LogP contribution is -2.59. The quantitative estimate of drug-likeness (QED) is 0.0807. The molecule has 4 amide bonds. The number of amides is 4. The highest BCUT2D eigenvalue weighted by Gasteiger charge is 2.55. The molecule has 15 nitrogen and oxygen atoms in total. The lowest BCUT2D eigenvalue weighted by molar-refractivity contribution is -0.143. The molecule has 7 rings (SSSR count). The van der Waals surface area contributed by atoms with Gasteiger partial charge in [-0.2, -0.15) is 0 Å². The summed E-state index contributed by atoms with van der Waals surface area (Å²) in [6.07, 6.45) is 5.89.